The lowest BCUT2D eigenvalue weighted by Gasteiger charge is -2.34. The van der Waals surface area contributed by atoms with Gasteiger partial charge in [0.2, 0.25) is 15.9 Å². The molecule has 0 aliphatic carbocycles. The number of nitrogens with zero attached hydrogens (tertiary/aromatic N) is 6. The first-order chi connectivity index (χ1) is 21.4. The monoisotopic (exact) mass is 646 g/mol. The number of unbranched alkanes of at least 4 members (excludes halogenated alkanes) is 1. The van der Waals surface area contributed by atoms with Crippen LogP contribution in [0.4, 0.5) is 5.82 Å². The van der Waals surface area contributed by atoms with Gasteiger partial charge in [0.1, 0.15) is 5.52 Å². The van der Waals surface area contributed by atoms with E-state index in [1.54, 1.807) is 24.0 Å². The third-order valence-corrected chi connectivity index (χ3v) is 9.21. The molecule has 2 aromatic heterocycles. The first-order valence-electron chi connectivity index (χ1n) is 15.0. The number of carboxylic acids is 1. The van der Waals surface area contributed by atoms with Crippen molar-refractivity contribution in [2.75, 3.05) is 57.9 Å². The second kappa shape index (κ2) is 14.8. The van der Waals surface area contributed by atoms with Gasteiger partial charge in [-0.1, -0.05) is 37.6 Å². The van der Waals surface area contributed by atoms with Crippen molar-refractivity contribution in [1.82, 2.24) is 33.6 Å². The van der Waals surface area contributed by atoms with Crippen molar-refractivity contribution >= 4 is 38.9 Å². The van der Waals surface area contributed by atoms with Gasteiger partial charge >= 0.3 is 17.7 Å². The summed E-state index contributed by atoms with van der Waals surface area (Å²) in [5.74, 6) is -1.62. The number of amides is 1. The van der Waals surface area contributed by atoms with Crippen LogP contribution in [0.2, 0.25) is 0 Å². The number of nitrogens with one attached hydrogen (secondary N) is 1. The molecule has 15 nitrogen and oxygen atoms in total. The molecule has 4 rings (SSSR count). The molecule has 3 aromatic rings. The number of nitrogen functional groups attached to an aromatic ring is 1. The Kier molecular flexibility index (Phi) is 11.2. The van der Waals surface area contributed by atoms with E-state index in [1.807, 2.05) is 24.0 Å². The van der Waals surface area contributed by atoms with Gasteiger partial charge in [0.15, 0.2) is 11.5 Å². The van der Waals surface area contributed by atoms with Crippen molar-refractivity contribution in [1.29, 1.82) is 0 Å². The summed E-state index contributed by atoms with van der Waals surface area (Å²) >= 11 is 0. The maximum atomic E-state index is 13.6. The highest BCUT2D eigenvalue weighted by Crippen LogP contribution is 2.20. The van der Waals surface area contributed by atoms with E-state index in [1.165, 1.54) is 15.1 Å². The van der Waals surface area contributed by atoms with Gasteiger partial charge in [0.25, 0.3) is 0 Å². The molecule has 16 heteroatoms. The van der Waals surface area contributed by atoms with Crippen LogP contribution >= 0.6 is 0 Å². The van der Waals surface area contributed by atoms with E-state index >= 15 is 0 Å². The third-order valence-electron chi connectivity index (χ3n) is 7.90. The molecule has 3 heterocycles. The number of carboxylic acid groups (broad SMARTS) is 1. The molecule has 1 amide bonds. The number of aromatic amines is 1. The van der Waals surface area contributed by atoms with Crippen LogP contribution in [-0.4, -0.2) is 111 Å². The summed E-state index contributed by atoms with van der Waals surface area (Å²) < 4.78 is 32.3. The number of piperazine rings is 1. The number of H-pyrrole nitrogens is 1. The normalized spacial score (nSPS) is 15.3. The number of carbonyl (C=O) groups excluding carboxylic acids is 1. The number of aryl methyl sites for hydroxylation is 1. The first-order valence-corrected chi connectivity index (χ1v) is 16.9. The zero-order valence-corrected chi connectivity index (χ0v) is 26.8. The van der Waals surface area contributed by atoms with Crippen LogP contribution in [0.1, 0.15) is 50.2 Å². The van der Waals surface area contributed by atoms with Crippen LogP contribution in [0.5, 0.6) is 6.01 Å². The van der Waals surface area contributed by atoms with Gasteiger partial charge in [-0.15, -0.1) is 0 Å². The van der Waals surface area contributed by atoms with Crippen molar-refractivity contribution in [2.45, 2.75) is 52.1 Å². The Labute approximate surface area is 262 Å². The van der Waals surface area contributed by atoms with Crippen molar-refractivity contribution in [3.8, 4) is 6.01 Å². The summed E-state index contributed by atoms with van der Waals surface area (Å²) in [6.45, 7) is 6.51. The molecule has 4 N–H and O–H groups in total. The predicted octanol–water partition coefficient (Wildman–Crippen LogP) is 1.06. The highest BCUT2D eigenvalue weighted by molar-refractivity contribution is 7.88. The summed E-state index contributed by atoms with van der Waals surface area (Å²) in [4.78, 5) is 52.7. The molecule has 1 aromatic carbocycles. The number of benzene rings is 1. The fourth-order valence-corrected chi connectivity index (χ4v) is 5.93. The minimum absolute atomic E-state index is 0.0923. The van der Waals surface area contributed by atoms with Crippen LogP contribution in [0, 0.1) is 0 Å². The number of hydrogen-bond acceptors (Lipinski definition) is 10. The molecule has 1 aliphatic rings. The van der Waals surface area contributed by atoms with Gasteiger partial charge in [0.05, 0.1) is 25.3 Å². The molecule has 45 heavy (non-hydrogen) atoms. The fourth-order valence-electron chi connectivity index (χ4n) is 5.11. The fraction of sp³-hybridized carbons (Fsp3) is 0.552. The van der Waals surface area contributed by atoms with Gasteiger partial charge in [0, 0.05) is 45.8 Å². The van der Waals surface area contributed by atoms with Crippen LogP contribution in [-0.2, 0) is 32.7 Å². The Morgan fingerprint density at radius 1 is 1.13 bits per heavy atom. The number of nitrogens with two attached hydrogens (primary N) is 1. The summed E-state index contributed by atoms with van der Waals surface area (Å²) in [5.41, 5.74) is 7.80. The number of rotatable bonds is 15. The third kappa shape index (κ3) is 8.79. The van der Waals surface area contributed by atoms with Crippen molar-refractivity contribution in [2.24, 2.45) is 0 Å². The zero-order valence-electron chi connectivity index (χ0n) is 25.9. The number of sulfonamides is 1. The van der Waals surface area contributed by atoms with Crippen molar-refractivity contribution < 1.29 is 27.9 Å². The van der Waals surface area contributed by atoms with Crippen LogP contribution < -0.4 is 16.2 Å². The maximum absolute atomic E-state index is 13.6. The second-order valence-electron chi connectivity index (χ2n) is 11.3. The van der Waals surface area contributed by atoms with E-state index in [0.29, 0.717) is 62.5 Å². The summed E-state index contributed by atoms with van der Waals surface area (Å²) in [5, 5.41) is 9.34. The maximum Gasteiger partial charge on any atom is 0.327 e. The average molecular weight is 647 g/mol. The Hall–Kier alpha value is -4.02. The topological polar surface area (TPSA) is 197 Å². The van der Waals surface area contributed by atoms with Crippen molar-refractivity contribution in [3.05, 3.63) is 45.9 Å². The molecule has 1 unspecified atom stereocenters. The Bertz CT molecular complexity index is 1650. The average Bonchev–Trinajstić information content (AvgIpc) is 3.31. The SMILES string of the molecule is CCCCOc1nc(N)c2[nH]c(=O)n(CCCN(Cc3ccc(C(C)C(=O)O)cc3)C(=O)CN3CCN(S(C)(=O)=O)CC3)c2n1. The number of fused-ring (bicyclic) bond motifs is 1. The van der Waals surface area contributed by atoms with Crippen LogP contribution in [0.15, 0.2) is 29.1 Å². The van der Waals surface area contributed by atoms with Gasteiger partial charge in [-0.2, -0.15) is 14.3 Å². The molecule has 246 valence electrons. The minimum atomic E-state index is -3.29. The molecule has 0 saturated carbocycles. The zero-order chi connectivity index (χ0) is 32.7. The van der Waals surface area contributed by atoms with Crippen molar-refractivity contribution in [3.63, 3.8) is 0 Å². The number of ether oxygens (including phenoxy) is 1. The van der Waals surface area contributed by atoms with Gasteiger partial charge in [-0.05, 0) is 30.9 Å². The summed E-state index contributed by atoms with van der Waals surface area (Å²) in [7, 11) is -3.29. The number of aliphatic carboxylic acids is 1. The lowest BCUT2D eigenvalue weighted by atomic mass is 10.00. The smallest absolute Gasteiger partial charge is 0.327 e. The first kappa shape index (κ1) is 33.9. The molecular formula is C29H42N8O7S. The van der Waals surface area contributed by atoms with Crippen LogP contribution in [0.25, 0.3) is 11.2 Å². The number of hydrogen-bond donors (Lipinski definition) is 3. The molecule has 0 bridgehead atoms. The Morgan fingerprint density at radius 2 is 1.82 bits per heavy atom. The molecule has 1 saturated heterocycles. The van der Waals surface area contributed by atoms with Gasteiger partial charge in [-0.25, -0.2) is 13.2 Å². The second-order valence-corrected chi connectivity index (χ2v) is 13.3. The van der Waals surface area contributed by atoms with E-state index in [9.17, 15) is 27.9 Å². The minimum Gasteiger partial charge on any atom is -0.481 e. The number of imidazole rings is 1. The number of carbonyl (C=O) groups is 2. The highest BCUT2D eigenvalue weighted by atomic mass is 32.2. The summed E-state index contributed by atoms with van der Waals surface area (Å²) in [6.07, 6.45) is 3.35. The van der Waals surface area contributed by atoms with E-state index in [4.69, 9.17) is 10.5 Å². The summed E-state index contributed by atoms with van der Waals surface area (Å²) in [6, 6.07) is 7.20. The molecule has 1 atom stereocenters. The van der Waals surface area contributed by atoms with E-state index in [0.717, 1.165) is 18.4 Å². The van der Waals surface area contributed by atoms with Gasteiger partial charge in [-0.3, -0.25) is 19.1 Å². The Balaban J connectivity index is 1.48. The largest absolute Gasteiger partial charge is 0.481 e. The standard InChI is InChI=1S/C29H42N8O7S/c1-4-5-17-44-28-32-25(30)24-26(33-28)37(29(41)31-24)12-6-11-35(18-21-7-9-22(10-8-21)20(2)27(39)40)23(38)19-34-13-15-36(16-14-34)45(3,42)43/h7-10,20H,4-6,11-19H2,1-3H3,(H,31,41)(H,39,40)(H2,30,32,33). The molecule has 1 aliphatic heterocycles. The van der Waals surface area contributed by atoms with E-state index in [-0.39, 0.29) is 37.4 Å². The quantitative estimate of drug-likeness (QED) is 0.200. The van der Waals surface area contributed by atoms with Crippen LogP contribution in [0.3, 0.4) is 0 Å². The van der Waals surface area contributed by atoms with Gasteiger partial charge < -0.3 is 25.5 Å². The molecule has 0 spiro atoms. The lowest BCUT2D eigenvalue weighted by molar-refractivity contribution is -0.138. The van der Waals surface area contributed by atoms with E-state index in [2.05, 4.69) is 15.0 Å². The predicted molar refractivity (Wildman–Crippen MR) is 168 cm³/mol. The molecule has 0 radical (unpaired) electrons. The number of anilines is 1. The van der Waals surface area contributed by atoms with E-state index < -0.39 is 27.6 Å². The Morgan fingerprint density at radius 3 is 2.44 bits per heavy atom. The number of aromatic nitrogens is 4. The molecule has 1 fully saturated rings. The molecular weight excluding hydrogens is 604 g/mol. The highest BCUT2D eigenvalue weighted by Gasteiger charge is 2.26. The lowest BCUT2D eigenvalue weighted by Crippen LogP contribution is -2.51.